The lowest BCUT2D eigenvalue weighted by Crippen LogP contribution is -2.67. The van der Waals surface area contributed by atoms with Gasteiger partial charge in [-0.05, 0) is 38.1 Å². The van der Waals surface area contributed by atoms with Crippen molar-refractivity contribution >= 4 is 29.8 Å². The lowest BCUT2D eigenvalue weighted by molar-refractivity contribution is -0.248. The van der Waals surface area contributed by atoms with Crippen molar-refractivity contribution in [1.29, 1.82) is 0 Å². The van der Waals surface area contributed by atoms with Crippen LogP contribution in [0.1, 0.15) is 44.7 Å². The largest absolute Gasteiger partial charge is 0.493 e. The van der Waals surface area contributed by atoms with E-state index >= 15 is 0 Å². The fourth-order valence-corrected chi connectivity index (χ4v) is 8.33. The van der Waals surface area contributed by atoms with Crippen LogP contribution in [-0.4, -0.2) is 111 Å². The highest BCUT2D eigenvalue weighted by molar-refractivity contribution is 5.79. The molecule has 1 aromatic rings. The summed E-state index contributed by atoms with van der Waals surface area (Å²) in [5.41, 5.74) is 1.98. The van der Waals surface area contributed by atoms with Gasteiger partial charge in [0.2, 0.25) is 5.91 Å². The molecule has 1 N–H and O–H groups in total. The number of likely N-dealkylation sites (N-methyl/N-ethyl adjacent to an activating group) is 1. The molecular weight excluding hydrogens is 616 g/mol. The molecule has 6 unspecified atom stereocenters. The van der Waals surface area contributed by atoms with E-state index in [1.165, 1.54) is 5.56 Å². The number of amides is 1. The van der Waals surface area contributed by atoms with Crippen LogP contribution < -0.4 is 14.8 Å². The SMILES string of the molecule is COC(=O)[C@H]1OC(CC(=O)NC2C=CC3C4Cc5ccc(OC)c6c5C3(CCN4C)C2O6)[C@H](OC(C)=O)[C@@H](OC(C)=O)[C@@H]1OC(C)=O. The summed E-state index contributed by atoms with van der Waals surface area (Å²) in [5, 5.41) is 3.08. The third-order valence-electron chi connectivity index (χ3n) is 10.1. The van der Waals surface area contributed by atoms with E-state index in [1.54, 1.807) is 7.11 Å². The van der Waals surface area contributed by atoms with Crippen molar-refractivity contribution in [3.8, 4) is 11.5 Å². The number of likely N-dealkylation sites (tertiary alicyclic amines) is 1. The Morgan fingerprint density at radius 1 is 0.957 bits per heavy atom. The van der Waals surface area contributed by atoms with E-state index in [0.29, 0.717) is 11.5 Å². The molecule has 2 fully saturated rings. The molecule has 47 heavy (non-hydrogen) atoms. The minimum atomic E-state index is -1.58. The number of ether oxygens (including phenoxy) is 7. The van der Waals surface area contributed by atoms with Gasteiger partial charge < -0.3 is 43.4 Å². The number of methoxy groups -OCH3 is 2. The van der Waals surface area contributed by atoms with E-state index in [0.717, 1.165) is 52.8 Å². The van der Waals surface area contributed by atoms with E-state index in [1.807, 2.05) is 12.1 Å². The highest BCUT2D eigenvalue weighted by Crippen LogP contribution is 2.62. The summed E-state index contributed by atoms with van der Waals surface area (Å²) in [6.07, 6.45) is -2.24. The normalized spacial score (nSPS) is 34.6. The van der Waals surface area contributed by atoms with Gasteiger partial charge in [-0.1, -0.05) is 18.2 Å². The predicted molar refractivity (Wildman–Crippen MR) is 160 cm³/mol. The number of benzene rings is 1. The van der Waals surface area contributed by atoms with E-state index in [9.17, 15) is 24.0 Å². The van der Waals surface area contributed by atoms with Gasteiger partial charge in [-0.2, -0.15) is 0 Å². The molecule has 0 saturated carbocycles. The molecule has 1 amide bonds. The van der Waals surface area contributed by atoms with Crippen LogP contribution in [0.2, 0.25) is 0 Å². The lowest BCUT2D eigenvalue weighted by Gasteiger charge is -2.57. The van der Waals surface area contributed by atoms with Crippen molar-refractivity contribution < 1.29 is 57.1 Å². The van der Waals surface area contributed by atoms with Gasteiger partial charge >= 0.3 is 23.9 Å². The molecule has 14 heteroatoms. The summed E-state index contributed by atoms with van der Waals surface area (Å²) in [6, 6.07) is 3.76. The van der Waals surface area contributed by atoms with Crippen LogP contribution >= 0.6 is 0 Å². The van der Waals surface area contributed by atoms with Crippen LogP contribution in [0.25, 0.3) is 0 Å². The Hall–Kier alpha value is -4.17. The minimum absolute atomic E-state index is 0.166. The second kappa shape index (κ2) is 12.5. The van der Waals surface area contributed by atoms with Gasteiger partial charge in [0.05, 0.1) is 26.7 Å². The van der Waals surface area contributed by atoms with Crippen LogP contribution in [0.3, 0.4) is 0 Å². The number of rotatable bonds is 8. The van der Waals surface area contributed by atoms with Gasteiger partial charge in [-0.15, -0.1) is 0 Å². The quantitative estimate of drug-likeness (QED) is 0.237. The van der Waals surface area contributed by atoms with Crippen molar-refractivity contribution in [2.24, 2.45) is 5.92 Å². The first-order valence-electron chi connectivity index (χ1n) is 15.7. The fourth-order valence-electron chi connectivity index (χ4n) is 8.33. The van der Waals surface area contributed by atoms with Crippen molar-refractivity contribution in [3.63, 3.8) is 0 Å². The third kappa shape index (κ3) is 5.50. The summed E-state index contributed by atoms with van der Waals surface area (Å²) >= 11 is 0. The van der Waals surface area contributed by atoms with Crippen LogP contribution in [0.15, 0.2) is 24.3 Å². The molecule has 2 bridgehead atoms. The van der Waals surface area contributed by atoms with Gasteiger partial charge in [-0.25, -0.2) is 4.79 Å². The molecule has 0 aromatic heterocycles. The van der Waals surface area contributed by atoms with Gasteiger partial charge in [-0.3, -0.25) is 19.2 Å². The first-order valence-corrected chi connectivity index (χ1v) is 15.7. The average molecular weight is 657 g/mol. The van der Waals surface area contributed by atoms with Crippen molar-refractivity contribution in [2.45, 2.75) is 94.2 Å². The summed E-state index contributed by atoms with van der Waals surface area (Å²) in [7, 11) is 4.86. The highest BCUT2D eigenvalue weighted by Gasteiger charge is 2.64. The molecule has 254 valence electrons. The topological polar surface area (TPSA) is 165 Å². The van der Waals surface area contributed by atoms with Gasteiger partial charge in [0, 0.05) is 43.7 Å². The fraction of sp³-hybridized carbons (Fsp3) is 0.606. The second-order valence-corrected chi connectivity index (χ2v) is 12.8. The van der Waals surface area contributed by atoms with E-state index < -0.39 is 78.9 Å². The molecule has 1 spiro atoms. The standard InChI is InChI=1S/C33H40N2O12/c1-15(36)43-27-23(46-30(32(40)42-6)29(45-17(3)38)28(27)44-16(2)37)14-24(39)34-20-9-8-19-21-13-18-7-10-22(41-5)26-25(18)33(19,31(20)47-26)11-12-35(21)4/h7-10,19-21,23,27-31H,11-14H2,1-6H3,(H,34,39)/t19?,20?,21?,23?,27-,28+,29-,30-,31?,33?/m0/s1. The van der Waals surface area contributed by atoms with Crippen molar-refractivity contribution in [3.05, 3.63) is 35.4 Å². The van der Waals surface area contributed by atoms with E-state index in [2.05, 4.69) is 29.4 Å². The van der Waals surface area contributed by atoms with Crippen molar-refractivity contribution in [1.82, 2.24) is 10.2 Å². The van der Waals surface area contributed by atoms with Gasteiger partial charge in [0.1, 0.15) is 12.2 Å². The maximum Gasteiger partial charge on any atom is 0.339 e. The third-order valence-corrected chi connectivity index (χ3v) is 10.1. The molecule has 2 aliphatic carbocycles. The highest BCUT2D eigenvalue weighted by atomic mass is 16.7. The smallest absolute Gasteiger partial charge is 0.339 e. The molecule has 2 saturated heterocycles. The second-order valence-electron chi connectivity index (χ2n) is 12.8. The Bertz CT molecular complexity index is 1510. The first kappa shape index (κ1) is 32.8. The number of carbonyl (C=O) groups excluding carboxylic acids is 5. The Morgan fingerprint density at radius 3 is 2.30 bits per heavy atom. The average Bonchev–Trinajstić information content (AvgIpc) is 3.37. The molecule has 0 radical (unpaired) electrons. The number of nitrogens with one attached hydrogen (secondary N) is 1. The predicted octanol–water partition coefficient (Wildman–Crippen LogP) is 0.751. The summed E-state index contributed by atoms with van der Waals surface area (Å²) in [5.74, 6) is -2.29. The summed E-state index contributed by atoms with van der Waals surface area (Å²) in [4.78, 5) is 65.4. The zero-order valence-electron chi connectivity index (χ0n) is 27.2. The molecule has 14 nitrogen and oxygen atoms in total. The number of piperidine rings is 1. The lowest BCUT2D eigenvalue weighted by atomic mass is 9.53. The van der Waals surface area contributed by atoms with E-state index in [-0.39, 0.29) is 17.4 Å². The minimum Gasteiger partial charge on any atom is -0.493 e. The Kier molecular flexibility index (Phi) is 8.68. The summed E-state index contributed by atoms with van der Waals surface area (Å²) in [6.45, 7) is 4.21. The molecule has 5 aliphatic rings. The van der Waals surface area contributed by atoms with Crippen LogP contribution in [0.5, 0.6) is 11.5 Å². The van der Waals surface area contributed by atoms with Crippen LogP contribution in [0, 0.1) is 5.92 Å². The zero-order chi connectivity index (χ0) is 33.8. The van der Waals surface area contributed by atoms with E-state index in [4.69, 9.17) is 33.2 Å². The number of nitrogens with zero attached hydrogens (tertiary/aromatic N) is 1. The number of carbonyl (C=O) groups is 5. The van der Waals surface area contributed by atoms with Gasteiger partial charge in [0.15, 0.2) is 35.9 Å². The van der Waals surface area contributed by atoms with Gasteiger partial charge in [0.25, 0.3) is 0 Å². The number of hydrogen-bond acceptors (Lipinski definition) is 13. The number of hydrogen-bond donors (Lipinski definition) is 1. The Morgan fingerprint density at radius 2 is 1.64 bits per heavy atom. The molecule has 6 rings (SSSR count). The monoisotopic (exact) mass is 656 g/mol. The summed E-state index contributed by atoms with van der Waals surface area (Å²) < 4.78 is 39.5. The maximum absolute atomic E-state index is 13.9. The molecule has 3 aliphatic heterocycles. The maximum atomic E-state index is 13.9. The molecule has 3 heterocycles. The zero-order valence-corrected chi connectivity index (χ0v) is 27.2. The molecular formula is C33H40N2O12. The Labute approximate surface area is 271 Å². The molecule has 1 aromatic carbocycles. The molecule has 10 atom stereocenters. The van der Waals surface area contributed by atoms with Crippen LogP contribution in [-0.2, 0) is 59.5 Å². The first-order chi connectivity index (χ1) is 22.4. The van der Waals surface area contributed by atoms with Crippen molar-refractivity contribution in [2.75, 3.05) is 27.8 Å². The van der Waals surface area contributed by atoms with Crippen LogP contribution in [0.4, 0.5) is 0 Å². The number of esters is 4. The Balaban J connectivity index is 1.30.